The van der Waals surface area contributed by atoms with E-state index in [0.29, 0.717) is 4.47 Å². The van der Waals surface area contributed by atoms with Crippen LogP contribution in [0.3, 0.4) is 0 Å². The largest absolute Gasteiger partial charge is 0.385 e. The number of hydrogen-bond acceptors (Lipinski definition) is 2. The van der Waals surface area contributed by atoms with Gasteiger partial charge in [0.2, 0.25) is 0 Å². The van der Waals surface area contributed by atoms with Crippen molar-refractivity contribution < 1.29 is 9.13 Å². The van der Waals surface area contributed by atoms with Gasteiger partial charge in [-0.1, -0.05) is 6.07 Å². The monoisotopic (exact) mass is 289 g/mol. The van der Waals surface area contributed by atoms with Crippen molar-refractivity contribution in [3.05, 3.63) is 34.1 Å². The number of hydrogen-bond donors (Lipinski definition) is 1. The molecule has 0 spiro atoms. The van der Waals surface area contributed by atoms with Gasteiger partial charge in [0.15, 0.2) is 0 Å². The van der Waals surface area contributed by atoms with E-state index in [9.17, 15) is 4.39 Å². The van der Waals surface area contributed by atoms with Crippen LogP contribution >= 0.6 is 15.9 Å². The third-order valence-electron chi connectivity index (χ3n) is 2.41. The maximum atomic E-state index is 13.0. The Morgan fingerprint density at radius 3 is 2.88 bits per heavy atom. The third-order valence-corrected chi connectivity index (χ3v) is 3.01. The molecule has 0 aliphatic heterocycles. The number of benzene rings is 1. The van der Waals surface area contributed by atoms with Crippen molar-refractivity contribution in [3.8, 4) is 0 Å². The molecule has 4 heteroatoms. The van der Waals surface area contributed by atoms with Gasteiger partial charge in [-0.3, -0.25) is 0 Å². The summed E-state index contributed by atoms with van der Waals surface area (Å²) in [5, 5.41) is 0. The summed E-state index contributed by atoms with van der Waals surface area (Å²) in [4.78, 5) is 0. The molecule has 0 bridgehead atoms. The standard InChI is InChI=1S/C12H17BrFNO/c1-16-6-2-3-10(15)7-9-4-5-12(14)11(13)8-9/h4-5,8,10H,2-3,6-7,15H2,1H3. The minimum atomic E-state index is -0.239. The Bertz CT molecular complexity index is 333. The number of ether oxygens (including phenoxy) is 1. The van der Waals surface area contributed by atoms with Crippen LogP contribution in [0, 0.1) is 5.82 Å². The highest BCUT2D eigenvalue weighted by molar-refractivity contribution is 9.10. The van der Waals surface area contributed by atoms with Crippen LogP contribution in [0.5, 0.6) is 0 Å². The first-order valence-corrected chi connectivity index (χ1v) is 6.11. The zero-order valence-corrected chi connectivity index (χ0v) is 11.0. The Kier molecular flexibility index (Phi) is 5.95. The van der Waals surface area contributed by atoms with Crippen molar-refractivity contribution in [1.29, 1.82) is 0 Å². The third kappa shape index (κ3) is 4.60. The lowest BCUT2D eigenvalue weighted by Crippen LogP contribution is -2.23. The molecule has 0 aliphatic rings. The van der Waals surface area contributed by atoms with E-state index in [2.05, 4.69) is 15.9 Å². The van der Waals surface area contributed by atoms with E-state index in [4.69, 9.17) is 10.5 Å². The highest BCUT2D eigenvalue weighted by atomic mass is 79.9. The Balaban J connectivity index is 2.43. The minimum absolute atomic E-state index is 0.104. The summed E-state index contributed by atoms with van der Waals surface area (Å²) in [5.74, 6) is -0.239. The average Bonchev–Trinajstić information content (AvgIpc) is 2.24. The van der Waals surface area contributed by atoms with Crippen LogP contribution < -0.4 is 5.73 Å². The molecule has 0 amide bonds. The van der Waals surface area contributed by atoms with Crippen LogP contribution in [0.25, 0.3) is 0 Å². The van der Waals surface area contributed by atoms with E-state index in [-0.39, 0.29) is 11.9 Å². The quantitative estimate of drug-likeness (QED) is 0.818. The molecule has 1 aromatic rings. The Morgan fingerprint density at radius 1 is 1.50 bits per heavy atom. The molecule has 16 heavy (non-hydrogen) atoms. The maximum Gasteiger partial charge on any atom is 0.137 e. The van der Waals surface area contributed by atoms with Gasteiger partial charge in [0.05, 0.1) is 4.47 Å². The highest BCUT2D eigenvalue weighted by Gasteiger charge is 2.06. The normalized spacial score (nSPS) is 12.8. The maximum absolute atomic E-state index is 13.0. The molecule has 1 rings (SSSR count). The van der Waals surface area contributed by atoms with Crippen LogP contribution in [0.15, 0.2) is 22.7 Å². The fraction of sp³-hybridized carbons (Fsp3) is 0.500. The van der Waals surface area contributed by atoms with Gasteiger partial charge in [-0.05, 0) is 52.9 Å². The van der Waals surface area contributed by atoms with Gasteiger partial charge < -0.3 is 10.5 Å². The van der Waals surface area contributed by atoms with Crippen molar-refractivity contribution in [3.63, 3.8) is 0 Å². The molecule has 0 aliphatic carbocycles. The van der Waals surface area contributed by atoms with Crippen molar-refractivity contribution in [1.82, 2.24) is 0 Å². The molecular formula is C12H17BrFNO. The van der Waals surface area contributed by atoms with Crippen molar-refractivity contribution in [2.24, 2.45) is 5.73 Å². The van der Waals surface area contributed by atoms with Crippen LogP contribution in [0.1, 0.15) is 18.4 Å². The van der Waals surface area contributed by atoms with Crippen LogP contribution in [0.4, 0.5) is 4.39 Å². The topological polar surface area (TPSA) is 35.2 Å². The van der Waals surface area contributed by atoms with E-state index in [1.165, 1.54) is 6.07 Å². The smallest absolute Gasteiger partial charge is 0.137 e. The average molecular weight is 290 g/mol. The summed E-state index contributed by atoms with van der Waals surface area (Å²) < 4.78 is 18.4. The lowest BCUT2D eigenvalue weighted by atomic mass is 10.0. The SMILES string of the molecule is COCCCC(N)Cc1ccc(F)c(Br)c1. The molecule has 0 radical (unpaired) electrons. The van der Waals surface area contributed by atoms with Crippen LogP contribution in [-0.2, 0) is 11.2 Å². The molecule has 1 aromatic carbocycles. The minimum Gasteiger partial charge on any atom is -0.385 e. The summed E-state index contributed by atoms with van der Waals surface area (Å²) in [5.41, 5.74) is 7.02. The molecule has 0 saturated carbocycles. The van der Waals surface area contributed by atoms with Gasteiger partial charge >= 0.3 is 0 Å². The van der Waals surface area contributed by atoms with E-state index >= 15 is 0 Å². The van der Waals surface area contributed by atoms with Gasteiger partial charge in [0.1, 0.15) is 5.82 Å². The summed E-state index contributed by atoms with van der Waals surface area (Å²) in [6.45, 7) is 0.737. The number of rotatable bonds is 6. The predicted molar refractivity (Wildman–Crippen MR) is 66.9 cm³/mol. The van der Waals surface area contributed by atoms with Gasteiger partial charge in [0.25, 0.3) is 0 Å². The zero-order chi connectivity index (χ0) is 12.0. The fourth-order valence-electron chi connectivity index (χ4n) is 1.56. The van der Waals surface area contributed by atoms with E-state index in [1.54, 1.807) is 19.2 Å². The van der Waals surface area contributed by atoms with Crippen molar-refractivity contribution >= 4 is 15.9 Å². The summed E-state index contributed by atoms with van der Waals surface area (Å²) in [6, 6.07) is 5.12. The molecule has 1 atom stereocenters. The van der Waals surface area contributed by atoms with Gasteiger partial charge in [-0.2, -0.15) is 0 Å². The lowest BCUT2D eigenvalue weighted by molar-refractivity contribution is 0.190. The number of nitrogens with two attached hydrogens (primary N) is 1. The number of methoxy groups -OCH3 is 1. The number of halogens is 2. The predicted octanol–water partition coefficient (Wildman–Crippen LogP) is 2.88. The van der Waals surface area contributed by atoms with E-state index in [1.807, 2.05) is 0 Å². The first-order chi connectivity index (χ1) is 7.63. The summed E-state index contributed by atoms with van der Waals surface area (Å²) in [7, 11) is 1.68. The molecule has 2 N–H and O–H groups in total. The van der Waals surface area contributed by atoms with Gasteiger partial charge in [-0.25, -0.2) is 4.39 Å². The van der Waals surface area contributed by atoms with Gasteiger partial charge in [0, 0.05) is 19.8 Å². The molecule has 0 fully saturated rings. The Morgan fingerprint density at radius 2 is 2.25 bits per heavy atom. The second kappa shape index (κ2) is 6.99. The van der Waals surface area contributed by atoms with Crippen LogP contribution in [0.2, 0.25) is 0 Å². The van der Waals surface area contributed by atoms with Crippen molar-refractivity contribution in [2.45, 2.75) is 25.3 Å². The van der Waals surface area contributed by atoms with Gasteiger partial charge in [-0.15, -0.1) is 0 Å². The Labute approximate surface area is 104 Å². The fourth-order valence-corrected chi connectivity index (χ4v) is 1.99. The second-order valence-corrected chi connectivity index (χ2v) is 4.70. The molecule has 0 saturated heterocycles. The molecule has 2 nitrogen and oxygen atoms in total. The first-order valence-electron chi connectivity index (χ1n) is 5.32. The molecule has 0 aromatic heterocycles. The van der Waals surface area contributed by atoms with Crippen molar-refractivity contribution in [2.75, 3.05) is 13.7 Å². The summed E-state index contributed by atoms with van der Waals surface area (Å²) >= 11 is 3.16. The molecular weight excluding hydrogens is 273 g/mol. The second-order valence-electron chi connectivity index (χ2n) is 3.85. The lowest BCUT2D eigenvalue weighted by Gasteiger charge is -2.11. The Hall–Kier alpha value is -0.450. The summed E-state index contributed by atoms with van der Waals surface area (Å²) in [6.07, 6.45) is 2.64. The van der Waals surface area contributed by atoms with Crippen LogP contribution in [-0.4, -0.2) is 19.8 Å². The molecule has 90 valence electrons. The highest BCUT2D eigenvalue weighted by Crippen LogP contribution is 2.18. The molecule has 0 heterocycles. The van der Waals surface area contributed by atoms with E-state index < -0.39 is 0 Å². The molecule has 1 unspecified atom stereocenters. The van der Waals surface area contributed by atoms with E-state index in [0.717, 1.165) is 31.4 Å². The first kappa shape index (κ1) is 13.6. The zero-order valence-electron chi connectivity index (χ0n) is 9.38.